The van der Waals surface area contributed by atoms with Crippen LogP contribution in [0.4, 0.5) is 0 Å². The zero-order valence-corrected chi connectivity index (χ0v) is 13.0. The van der Waals surface area contributed by atoms with Crippen LogP contribution in [-0.4, -0.2) is 34.6 Å². The first-order valence-corrected chi connectivity index (χ1v) is 8.80. The van der Waals surface area contributed by atoms with Gasteiger partial charge in [0.2, 0.25) is 0 Å². The molecule has 0 aliphatic rings. The first-order valence-electron chi connectivity index (χ1n) is 6.91. The first-order chi connectivity index (χ1) is 11.0. The van der Waals surface area contributed by atoms with Gasteiger partial charge in [0.1, 0.15) is 17.7 Å². The van der Waals surface area contributed by atoms with Crippen molar-refractivity contribution in [3.05, 3.63) is 48.9 Å². The summed E-state index contributed by atoms with van der Waals surface area (Å²) in [7, 11) is -3.27. The molecular weight excluding hydrogens is 312 g/mol. The number of H-pyrrole nitrogens is 1. The molecule has 6 nitrogen and oxygen atoms in total. The highest BCUT2D eigenvalue weighted by molar-refractivity contribution is 7.91. The second-order valence-electron chi connectivity index (χ2n) is 5.31. The van der Waals surface area contributed by atoms with Crippen molar-refractivity contribution in [1.29, 1.82) is 0 Å². The van der Waals surface area contributed by atoms with E-state index in [0.717, 1.165) is 10.9 Å². The van der Waals surface area contributed by atoms with Crippen molar-refractivity contribution in [2.75, 3.05) is 6.26 Å². The van der Waals surface area contributed by atoms with Gasteiger partial charge in [0, 0.05) is 17.2 Å². The molecule has 0 aliphatic heterocycles. The molecule has 4 rings (SSSR count). The van der Waals surface area contributed by atoms with Crippen molar-refractivity contribution >= 4 is 31.8 Å². The van der Waals surface area contributed by atoms with Gasteiger partial charge in [-0.2, -0.15) is 0 Å². The fourth-order valence-corrected chi connectivity index (χ4v) is 3.53. The number of aromatic amines is 1. The lowest BCUT2D eigenvalue weighted by molar-refractivity contribution is 0.602. The van der Waals surface area contributed by atoms with E-state index in [1.165, 1.54) is 12.6 Å². The van der Waals surface area contributed by atoms with Gasteiger partial charge in [0.15, 0.2) is 15.5 Å². The fourth-order valence-electron chi connectivity index (χ4n) is 2.62. The number of imidazole rings is 1. The van der Waals surface area contributed by atoms with Crippen LogP contribution >= 0.6 is 0 Å². The summed E-state index contributed by atoms with van der Waals surface area (Å²) in [5, 5.41) is 1.55. The second kappa shape index (κ2) is 4.85. The van der Waals surface area contributed by atoms with Gasteiger partial charge in [-0.3, -0.25) is 0 Å². The highest BCUT2D eigenvalue weighted by atomic mass is 32.2. The van der Waals surface area contributed by atoms with Crippen LogP contribution in [0.15, 0.2) is 53.8 Å². The normalized spacial score (nSPS) is 12.0. The van der Waals surface area contributed by atoms with Crippen LogP contribution in [0.3, 0.4) is 0 Å². The van der Waals surface area contributed by atoms with Gasteiger partial charge in [-0.25, -0.2) is 23.4 Å². The van der Waals surface area contributed by atoms with E-state index >= 15 is 0 Å². The smallest absolute Gasteiger partial charge is 0.176 e. The van der Waals surface area contributed by atoms with Crippen molar-refractivity contribution in [3.8, 4) is 11.4 Å². The van der Waals surface area contributed by atoms with Crippen LogP contribution in [0.2, 0.25) is 0 Å². The molecule has 2 aromatic carbocycles. The van der Waals surface area contributed by atoms with Crippen molar-refractivity contribution < 1.29 is 8.42 Å². The number of nitrogens with zero attached hydrogens (tertiary/aromatic N) is 3. The third-order valence-corrected chi connectivity index (χ3v) is 4.83. The molecule has 1 N–H and O–H groups in total. The maximum atomic E-state index is 11.9. The Labute approximate surface area is 132 Å². The first kappa shape index (κ1) is 13.8. The third kappa shape index (κ3) is 2.35. The summed E-state index contributed by atoms with van der Waals surface area (Å²) >= 11 is 0. The van der Waals surface area contributed by atoms with Crippen molar-refractivity contribution in [2.45, 2.75) is 4.90 Å². The number of hydrogen-bond acceptors (Lipinski definition) is 5. The highest BCUT2D eigenvalue weighted by Gasteiger charge is 2.13. The number of rotatable bonds is 2. The number of aromatic nitrogens is 4. The van der Waals surface area contributed by atoms with Crippen LogP contribution < -0.4 is 0 Å². The molecule has 0 bridgehead atoms. The Hall–Kier alpha value is -2.80. The van der Waals surface area contributed by atoms with E-state index in [1.807, 2.05) is 18.2 Å². The summed E-state index contributed by atoms with van der Waals surface area (Å²) < 4.78 is 23.8. The average molecular weight is 324 g/mol. The van der Waals surface area contributed by atoms with Gasteiger partial charge >= 0.3 is 0 Å². The molecular formula is C16H12N4O2S. The number of fused-ring (bicyclic) bond motifs is 2. The van der Waals surface area contributed by atoms with E-state index in [1.54, 1.807) is 24.4 Å². The monoisotopic (exact) mass is 324 g/mol. The number of nitrogens with one attached hydrogen (secondary N) is 1. The van der Waals surface area contributed by atoms with E-state index in [4.69, 9.17) is 0 Å². The van der Waals surface area contributed by atoms with Gasteiger partial charge in [-0.05, 0) is 17.5 Å². The zero-order valence-electron chi connectivity index (χ0n) is 12.2. The Morgan fingerprint density at radius 1 is 1.13 bits per heavy atom. The van der Waals surface area contributed by atoms with Crippen LogP contribution in [0.5, 0.6) is 0 Å². The molecule has 0 saturated carbocycles. The fraction of sp³-hybridized carbons (Fsp3) is 0.0625. The minimum Gasteiger partial charge on any atom is -0.323 e. The SMILES string of the molecule is CS(=O)(=O)c1cccc2cc(-c3nc4cncnc4[nH]3)ccc12. The summed E-state index contributed by atoms with van der Waals surface area (Å²) in [5.74, 6) is 0.673. The topological polar surface area (TPSA) is 88.6 Å². The molecule has 4 aromatic rings. The van der Waals surface area contributed by atoms with Gasteiger partial charge < -0.3 is 4.98 Å². The molecule has 23 heavy (non-hydrogen) atoms. The molecule has 0 spiro atoms. The van der Waals surface area contributed by atoms with Crippen molar-refractivity contribution in [2.24, 2.45) is 0 Å². The number of hydrogen-bond donors (Lipinski definition) is 1. The van der Waals surface area contributed by atoms with Crippen LogP contribution in [0.1, 0.15) is 0 Å². The van der Waals surface area contributed by atoms with Crippen LogP contribution in [0.25, 0.3) is 33.3 Å². The molecule has 0 radical (unpaired) electrons. The largest absolute Gasteiger partial charge is 0.323 e. The number of benzene rings is 2. The summed E-state index contributed by atoms with van der Waals surface area (Å²) in [5.41, 5.74) is 2.22. The lowest BCUT2D eigenvalue weighted by Gasteiger charge is -2.06. The van der Waals surface area contributed by atoms with Gasteiger partial charge in [0.05, 0.1) is 11.1 Å². The maximum Gasteiger partial charge on any atom is 0.176 e. The van der Waals surface area contributed by atoms with E-state index in [0.29, 0.717) is 27.3 Å². The molecule has 0 atom stereocenters. The Bertz CT molecular complexity index is 1120. The number of sulfone groups is 1. The third-order valence-electron chi connectivity index (χ3n) is 3.68. The Kier molecular flexibility index (Phi) is 2.92. The molecule has 0 saturated heterocycles. The lowest BCUT2D eigenvalue weighted by Crippen LogP contribution is -1.97. The van der Waals surface area contributed by atoms with Gasteiger partial charge in [-0.15, -0.1) is 0 Å². The van der Waals surface area contributed by atoms with Crippen LogP contribution in [-0.2, 0) is 9.84 Å². The van der Waals surface area contributed by atoms with Crippen LogP contribution in [0, 0.1) is 0 Å². The molecule has 0 fully saturated rings. The quantitative estimate of drug-likeness (QED) is 0.612. The summed E-state index contributed by atoms with van der Waals surface area (Å²) in [6.45, 7) is 0. The van der Waals surface area contributed by atoms with Gasteiger partial charge in [-0.1, -0.05) is 24.3 Å². The minimum atomic E-state index is -3.27. The molecule has 114 valence electrons. The minimum absolute atomic E-state index is 0.331. The molecule has 0 aliphatic carbocycles. The maximum absolute atomic E-state index is 11.9. The molecule has 0 unspecified atom stereocenters. The average Bonchev–Trinajstić information content (AvgIpc) is 2.97. The lowest BCUT2D eigenvalue weighted by atomic mass is 10.1. The predicted molar refractivity (Wildman–Crippen MR) is 87.7 cm³/mol. The summed E-state index contributed by atoms with van der Waals surface area (Å²) in [6.07, 6.45) is 4.32. The molecule has 7 heteroatoms. The Morgan fingerprint density at radius 3 is 2.78 bits per heavy atom. The zero-order chi connectivity index (χ0) is 16.0. The van der Waals surface area contributed by atoms with Gasteiger partial charge in [0.25, 0.3) is 0 Å². The highest BCUT2D eigenvalue weighted by Crippen LogP contribution is 2.28. The second-order valence-corrected chi connectivity index (χ2v) is 7.29. The predicted octanol–water partition coefficient (Wildman–Crippen LogP) is 2.58. The van der Waals surface area contributed by atoms with E-state index in [-0.39, 0.29) is 0 Å². The summed E-state index contributed by atoms with van der Waals surface area (Å²) in [6, 6.07) is 10.8. The summed E-state index contributed by atoms with van der Waals surface area (Å²) in [4.78, 5) is 16.0. The van der Waals surface area contributed by atoms with E-state index < -0.39 is 9.84 Å². The van der Waals surface area contributed by atoms with Crippen molar-refractivity contribution in [3.63, 3.8) is 0 Å². The molecule has 2 aromatic heterocycles. The molecule has 0 amide bonds. The van der Waals surface area contributed by atoms with Crippen molar-refractivity contribution in [1.82, 2.24) is 19.9 Å². The standard InChI is InChI=1S/C16H12N4O2S/c1-23(21,22)14-4-2-3-10-7-11(5-6-12(10)14)15-19-13-8-17-9-18-16(13)20-15/h2-9H,1H3,(H,17,18,19,20). The Morgan fingerprint density at radius 2 is 2.00 bits per heavy atom. The Balaban J connectivity index is 1.92. The van der Waals surface area contributed by atoms with E-state index in [2.05, 4.69) is 19.9 Å². The van der Waals surface area contributed by atoms with E-state index in [9.17, 15) is 8.42 Å². The molecule has 2 heterocycles.